The van der Waals surface area contributed by atoms with Gasteiger partial charge >= 0.3 is 6.03 Å². The summed E-state index contributed by atoms with van der Waals surface area (Å²) in [6.07, 6.45) is 0. The molecule has 2 aromatic carbocycles. The third-order valence-electron chi connectivity index (χ3n) is 4.00. The van der Waals surface area contributed by atoms with Crippen molar-refractivity contribution in [2.24, 2.45) is 0 Å². The van der Waals surface area contributed by atoms with Gasteiger partial charge in [-0.15, -0.1) is 0 Å². The average molecular weight is 380 g/mol. The first kappa shape index (κ1) is 17.8. The van der Waals surface area contributed by atoms with Crippen LogP contribution in [0.4, 0.5) is 19.3 Å². The third kappa shape index (κ3) is 3.11. The number of carbonyl (C=O) groups excluding carboxylic acids is 3. The smallest absolute Gasteiger partial charge is 0.322 e. The SMILES string of the molecule is C[C@]1(c2cccc(NC(=O)c3cc(F)c(F)cc3Cl)c2)NC(=O)NC1=O. The van der Waals surface area contributed by atoms with E-state index < -0.39 is 35.0 Å². The molecule has 9 heteroatoms. The number of urea groups is 1. The molecule has 0 radical (unpaired) electrons. The number of benzene rings is 2. The lowest BCUT2D eigenvalue weighted by Gasteiger charge is -2.21. The third-order valence-corrected chi connectivity index (χ3v) is 4.31. The zero-order chi connectivity index (χ0) is 19.1. The fourth-order valence-corrected chi connectivity index (χ4v) is 2.79. The first-order valence-electron chi connectivity index (χ1n) is 7.41. The number of carbonyl (C=O) groups is 3. The summed E-state index contributed by atoms with van der Waals surface area (Å²) in [6.45, 7) is 1.51. The molecule has 2 aromatic rings. The molecule has 0 bridgehead atoms. The Kier molecular flexibility index (Phi) is 4.37. The number of amides is 4. The quantitative estimate of drug-likeness (QED) is 0.566. The number of nitrogens with one attached hydrogen (secondary N) is 3. The van der Waals surface area contributed by atoms with Gasteiger partial charge in [0.15, 0.2) is 11.6 Å². The molecule has 134 valence electrons. The van der Waals surface area contributed by atoms with Crippen molar-refractivity contribution in [2.75, 3.05) is 5.32 Å². The summed E-state index contributed by atoms with van der Waals surface area (Å²) in [6, 6.07) is 6.97. The van der Waals surface area contributed by atoms with E-state index in [2.05, 4.69) is 16.0 Å². The summed E-state index contributed by atoms with van der Waals surface area (Å²) in [5.41, 5.74) is -0.829. The molecule has 4 amide bonds. The first-order chi connectivity index (χ1) is 12.2. The van der Waals surface area contributed by atoms with Gasteiger partial charge in [0.25, 0.3) is 11.8 Å². The summed E-state index contributed by atoms with van der Waals surface area (Å²) in [4.78, 5) is 35.7. The second kappa shape index (κ2) is 6.38. The van der Waals surface area contributed by atoms with E-state index in [1.165, 1.54) is 19.1 Å². The van der Waals surface area contributed by atoms with Crippen LogP contribution < -0.4 is 16.0 Å². The fourth-order valence-electron chi connectivity index (χ4n) is 2.55. The van der Waals surface area contributed by atoms with Gasteiger partial charge in [-0.25, -0.2) is 13.6 Å². The molecule has 6 nitrogen and oxygen atoms in total. The number of hydrogen-bond acceptors (Lipinski definition) is 3. The number of rotatable bonds is 3. The Morgan fingerprint density at radius 3 is 2.50 bits per heavy atom. The Bertz CT molecular complexity index is 951. The molecule has 0 aromatic heterocycles. The van der Waals surface area contributed by atoms with E-state index in [0.29, 0.717) is 17.7 Å². The summed E-state index contributed by atoms with van der Waals surface area (Å²) < 4.78 is 26.5. The van der Waals surface area contributed by atoms with Gasteiger partial charge < -0.3 is 10.6 Å². The number of imide groups is 1. The normalized spacial score (nSPS) is 19.1. The number of anilines is 1. The Morgan fingerprint density at radius 2 is 1.85 bits per heavy atom. The minimum Gasteiger partial charge on any atom is -0.322 e. The molecule has 3 rings (SSSR count). The Hall–Kier alpha value is -3.00. The van der Waals surface area contributed by atoms with E-state index in [1.54, 1.807) is 12.1 Å². The van der Waals surface area contributed by atoms with Gasteiger partial charge in [-0.05, 0) is 36.8 Å². The molecule has 1 aliphatic heterocycles. The molecule has 1 aliphatic rings. The van der Waals surface area contributed by atoms with Crippen LogP contribution in [0.15, 0.2) is 36.4 Å². The van der Waals surface area contributed by atoms with Crippen LogP contribution in [-0.2, 0) is 10.3 Å². The van der Waals surface area contributed by atoms with Gasteiger partial charge in [0.1, 0.15) is 5.54 Å². The Balaban J connectivity index is 1.88. The molecule has 26 heavy (non-hydrogen) atoms. The van der Waals surface area contributed by atoms with Gasteiger partial charge in [-0.2, -0.15) is 0 Å². The summed E-state index contributed by atoms with van der Waals surface area (Å²) in [5.74, 6) is -3.65. The Labute approximate surface area is 151 Å². The lowest BCUT2D eigenvalue weighted by molar-refractivity contribution is -0.123. The monoisotopic (exact) mass is 379 g/mol. The van der Waals surface area contributed by atoms with Crippen LogP contribution in [0, 0.1) is 11.6 Å². The van der Waals surface area contributed by atoms with E-state index in [4.69, 9.17) is 11.6 Å². The van der Waals surface area contributed by atoms with Crippen LogP contribution >= 0.6 is 11.6 Å². The van der Waals surface area contributed by atoms with Crippen molar-refractivity contribution in [1.82, 2.24) is 10.6 Å². The van der Waals surface area contributed by atoms with Gasteiger partial charge in [0.05, 0.1) is 10.6 Å². The molecule has 0 spiro atoms. The van der Waals surface area contributed by atoms with E-state index in [1.807, 2.05) is 0 Å². The molecule has 3 N–H and O–H groups in total. The van der Waals surface area contributed by atoms with E-state index in [0.717, 1.165) is 0 Å². The van der Waals surface area contributed by atoms with E-state index in [9.17, 15) is 23.2 Å². The minimum absolute atomic E-state index is 0.242. The second-order valence-electron chi connectivity index (χ2n) is 5.81. The van der Waals surface area contributed by atoms with Crippen molar-refractivity contribution in [3.05, 3.63) is 64.2 Å². The summed E-state index contributed by atoms with van der Waals surface area (Å²) >= 11 is 5.79. The highest BCUT2D eigenvalue weighted by atomic mass is 35.5. The van der Waals surface area contributed by atoms with Crippen molar-refractivity contribution in [2.45, 2.75) is 12.5 Å². The van der Waals surface area contributed by atoms with Crippen molar-refractivity contribution in [3.8, 4) is 0 Å². The van der Waals surface area contributed by atoms with Crippen LogP contribution in [0.5, 0.6) is 0 Å². The predicted molar refractivity (Wildman–Crippen MR) is 89.8 cm³/mol. The summed E-state index contributed by atoms with van der Waals surface area (Å²) in [7, 11) is 0. The second-order valence-corrected chi connectivity index (χ2v) is 6.22. The highest BCUT2D eigenvalue weighted by molar-refractivity contribution is 6.34. The summed E-state index contributed by atoms with van der Waals surface area (Å²) in [5, 5.41) is 6.90. The average Bonchev–Trinajstić information content (AvgIpc) is 2.84. The molecular formula is C17H12ClF2N3O3. The number of halogens is 3. The Morgan fingerprint density at radius 1 is 1.15 bits per heavy atom. The highest BCUT2D eigenvalue weighted by Crippen LogP contribution is 2.27. The van der Waals surface area contributed by atoms with Crippen molar-refractivity contribution >= 4 is 35.1 Å². The minimum atomic E-state index is -1.29. The molecule has 0 saturated carbocycles. The zero-order valence-electron chi connectivity index (χ0n) is 13.3. The van der Waals surface area contributed by atoms with Crippen molar-refractivity contribution in [3.63, 3.8) is 0 Å². The fraction of sp³-hybridized carbons (Fsp3) is 0.118. The number of hydrogen-bond donors (Lipinski definition) is 3. The van der Waals surface area contributed by atoms with Crippen molar-refractivity contribution < 1.29 is 23.2 Å². The van der Waals surface area contributed by atoms with Crippen LogP contribution in [0.2, 0.25) is 5.02 Å². The van der Waals surface area contributed by atoms with Crippen LogP contribution in [0.1, 0.15) is 22.8 Å². The molecule has 1 atom stereocenters. The molecule has 0 aliphatic carbocycles. The van der Waals surface area contributed by atoms with Gasteiger partial charge in [-0.1, -0.05) is 23.7 Å². The topological polar surface area (TPSA) is 87.3 Å². The molecule has 1 heterocycles. The lowest BCUT2D eigenvalue weighted by atomic mass is 9.92. The maximum absolute atomic E-state index is 13.4. The molecule has 1 saturated heterocycles. The predicted octanol–water partition coefficient (Wildman–Crippen LogP) is 2.93. The molecular weight excluding hydrogens is 368 g/mol. The maximum Gasteiger partial charge on any atom is 0.322 e. The lowest BCUT2D eigenvalue weighted by Crippen LogP contribution is -2.40. The molecule has 0 unspecified atom stereocenters. The van der Waals surface area contributed by atoms with Crippen molar-refractivity contribution in [1.29, 1.82) is 0 Å². The van der Waals surface area contributed by atoms with Gasteiger partial charge in [0, 0.05) is 5.69 Å². The van der Waals surface area contributed by atoms with Crippen LogP contribution in [0.3, 0.4) is 0 Å². The van der Waals surface area contributed by atoms with Gasteiger partial charge in [0.2, 0.25) is 0 Å². The van der Waals surface area contributed by atoms with E-state index >= 15 is 0 Å². The standard InChI is InChI=1S/C17H12ClF2N3O3/c1-17(15(25)22-16(26)23-17)8-3-2-4-9(5-8)21-14(24)10-6-12(19)13(20)7-11(10)18/h2-7H,1H3,(H,21,24)(H2,22,23,25,26)/t17-/m1/s1. The van der Waals surface area contributed by atoms with Gasteiger partial charge in [-0.3, -0.25) is 14.9 Å². The largest absolute Gasteiger partial charge is 0.322 e. The zero-order valence-corrected chi connectivity index (χ0v) is 14.1. The van der Waals surface area contributed by atoms with Crippen LogP contribution in [-0.4, -0.2) is 17.8 Å². The van der Waals surface area contributed by atoms with E-state index in [-0.39, 0.29) is 16.3 Å². The maximum atomic E-state index is 13.4. The molecule has 1 fully saturated rings. The first-order valence-corrected chi connectivity index (χ1v) is 7.78. The highest BCUT2D eigenvalue weighted by Gasteiger charge is 2.43. The van der Waals surface area contributed by atoms with Crippen LogP contribution in [0.25, 0.3) is 0 Å².